The maximum Gasteiger partial charge on any atom is 0.0825 e. The van der Waals surface area contributed by atoms with Crippen molar-refractivity contribution in [2.45, 2.75) is 25.4 Å². The molecule has 1 aliphatic rings. The highest BCUT2D eigenvalue weighted by molar-refractivity contribution is 5.82. The molecule has 0 spiro atoms. The SMILES string of the molecule is c1cc2c[nH]cc2cc1C1CCCCO1. The number of rotatable bonds is 1. The number of nitrogens with one attached hydrogen (secondary N) is 1. The quantitative estimate of drug-likeness (QED) is 0.751. The van der Waals surface area contributed by atoms with E-state index >= 15 is 0 Å². The third-order valence-electron chi connectivity index (χ3n) is 3.14. The largest absolute Gasteiger partial charge is 0.374 e. The van der Waals surface area contributed by atoms with Crippen molar-refractivity contribution in [2.75, 3.05) is 6.61 Å². The molecule has 1 atom stereocenters. The monoisotopic (exact) mass is 201 g/mol. The molecule has 0 aliphatic carbocycles. The van der Waals surface area contributed by atoms with Crippen LogP contribution in [-0.4, -0.2) is 11.6 Å². The molecule has 2 aromatic rings. The van der Waals surface area contributed by atoms with Crippen molar-refractivity contribution in [1.82, 2.24) is 4.98 Å². The molecule has 1 fully saturated rings. The average molecular weight is 201 g/mol. The van der Waals surface area contributed by atoms with Crippen LogP contribution in [0.4, 0.5) is 0 Å². The average Bonchev–Trinajstić information content (AvgIpc) is 2.77. The normalized spacial score (nSPS) is 22.0. The smallest absolute Gasteiger partial charge is 0.0825 e. The summed E-state index contributed by atoms with van der Waals surface area (Å²) in [5, 5.41) is 2.55. The fourth-order valence-electron chi connectivity index (χ4n) is 2.27. The van der Waals surface area contributed by atoms with Crippen molar-refractivity contribution in [1.29, 1.82) is 0 Å². The second-order valence-corrected chi connectivity index (χ2v) is 4.20. The van der Waals surface area contributed by atoms with E-state index in [9.17, 15) is 0 Å². The molecule has 2 nitrogen and oxygen atoms in total. The van der Waals surface area contributed by atoms with Gasteiger partial charge in [0.15, 0.2) is 0 Å². The van der Waals surface area contributed by atoms with Gasteiger partial charge in [-0.2, -0.15) is 0 Å². The summed E-state index contributed by atoms with van der Waals surface area (Å²) in [5.41, 5.74) is 1.32. The first kappa shape index (κ1) is 8.98. The van der Waals surface area contributed by atoms with Gasteiger partial charge >= 0.3 is 0 Å². The summed E-state index contributed by atoms with van der Waals surface area (Å²) in [6.07, 6.45) is 8.05. The van der Waals surface area contributed by atoms with E-state index in [-0.39, 0.29) is 0 Å². The summed E-state index contributed by atoms with van der Waals surface area (Å²) in [7, 11) is 0. The van der Waals surface area contributed by atoms with Gasteiger partial charge in [-0.1, -0.05) is 12.1 Å². The summed E-state index contributed by atoms with van der Waals surface area (Å²) in [5.74, 6) is 0. The summed E-state index contributed by atoms with van der Waals surface area (Å²) >= 11 is 0. The predicted molar refractivity (Wildman–Crippen MR) is 60.8 cm³/mol. The topological polar surface area (TPSA) is 25.0 Å². The van der Waals surface area contributed by atoms with Gasteiger partial charge in [-0.05, 0) is 41.7 Å². The third kappa shape index (κ3) is 1.65. The number of H-pyrrole nitrogens is 1. The van der Waals surface area contributed by atoms with Gasteiger partial charge in [-0.3, -0.25) is 0 Å². The van der Waals surface area contributed by atoms with E-state index in [1.54, 1.807) is 0 Å². The minimum Gasteiger partial charge on any atom is -0.374 e. The third-order valence-corrected chi connectivity index (χ3v) is 3.14. The number of benzene rings is 1. The first-order valence-corrected chi connectivity index (χ1v) is 5.61. The molecule has 1 aromatic carbocycles. The lowest BCUT2D eigenvalue weighted by Crippen LogP contribution is -2.11. The summed E-state index contributed by atoms with van der Waals surface area (Å²) < 4.78 is 5.78. The van der Waals surface area contributed by atoms with Crippen molar-refractivity contribution >= 4 is 10.8 Å². The van der Waals surface area contributed by atoms with Crippen LogP contribution >= 0.6 is 0 Å². The van der Waals surface area contributed by atoms with Crippen LogP contribution in [0.2, 0.25) is 0 Å². The van der Waals surface area contributed by atoms with Crippen molar-refractivity contribution in [3.05, 3.63) is 36.2 Å². The van der Waals surface area contributed by atoms with Crippen molar-refractivity contribution in [2.24, 2.45) is 0 Å². The number of aromatic nitrogens is 1. The lowest BCUT2D eigenvalue weighted by Gasteiger charge is -2.22. The Balaban J connectivity index is 1.95. The Morgan fingerprint density at radius 1 is 1.13 bits per heavy atom. The van der Waals surface area contributed by atoms with Crippen molar-refractivity contribution in [3.8, 4) is 0 Å². The molecule has 0 bridgehead atoms. The minimum absolute atomic E-state index is 0.318. The fourth-order valence-corrected chi connectivity index (χ4v) is 2.27. The highest BCUT2D eigenvalue weighted by Crippen LogP contribution is 2.29. The van der Waals surface area contributed by atoms with Gasteiger partial charge in [0.05, 0.1) is 6.10 Å². The zero-order chi connectivity index (χ0) is 10.1. The Bertz CT molecular complexity index is 454. The Morgan fingerprint density at radius 3 is 2.93 bits per heavy atom. The van der Waals surface area contributed by atoms with Crippen LogP contribution in [-0.2, 0) is 4.74 Å². The van der Waals surface area contributed by atoms with Crippen LogP contribution < -0.4 is 0 Å². The summed E-state index contributed by atoms with van der Waals surface area (Å²) in [6.45, 7) is 0.913. The molecule has 0 amide bonds. The Kier molecular flexibility index (Phi) is 2.22. The van der Waals surface area contributed by atoms with Crippen LogP contribution in [0, 0.1) is 0 Å². The van der Waals surface area contributed by atoms with Crippen LogP contribution in [0.25, 0.3) is 10.8 Å². The first-order chi connectivity index (χ1) is 7.43. The Labute approximate surface area is 89.3 Å². The van der Waals surface area contributed by atoms with Gasteiger partial charge in [-0.15, -0.1) is 0 Å². The van der Waals surface area contributed by atoms with E-state index in [0.717, 1.165) is 13.0 Å². The number of aromatic amines is 1. The highest BCUT2D eigenvalue weighted by Gasteiger charge is 2.15. The lowest BCUT2D eigenvalue weighted by molar-refractivity contribution is 0.0150. The van der Waals surface area contributed by atoms with Crippen LogP contribution in [0.5, 0.6) is 0 Å². The number of hydrogen-bond acceptors (Lipinski definition) is 1. The van der Waals surface area contributed by atoms with E-state index < -0.39 is 0 Å². The molecule has 1 aliphatic heterocycles. The summed E-state index contributed by atoms with van der Waals surface area (Å²) in [4.78, 5) is 3.13. The van der Waals surface area contributed by atoms with Gasteiger partial charge < -0.3 is 9.72 Å². The number of fused-ring (bicyclic) bond motifs is 1. The first-order valence-electron chi connectivity index (χ1n) is 5.61. The van der Waals surface area contributed by atoms with Crippen molar-refractivity contribution in [3.63, 3.8) is 0 Å². The van der Waals surface area contributed by atoms with E-state index in [1.165, 1.54) is 29.2 Å². The predicted octanol–water partition coefficient (Wildman–Crippen LogP) is 3.41. The van der Waals surface area contributed by atoms with Gasteiger partial charge in [0.25, 0.3) is 0 Å². The molecular weight excluding hydrogens is 186 g/mol. The number of hydrogen-bond donors (Lipinski definition) is 1. The minimum atomic E-state index is 0.318. The molecule has 15 heavy (non-hydrogen) atoms. The van der Waals surface area contributed by atoms with E-state index in [1.807, 2.05) is 12.4 Å². The van der Waals surface area contributed by atoms with Gasteiger partial charge in [0.1, 0.15) is 0 Å². The second-order valence-electron chi connectivity index (χ2n) is 4.20. The molecule has 1 N–H and O–H groups in total. The molecule has 2 heterocycles. The van der Waals surface area contributed by atoms with Gasteiger partial charge in [0, 0.05) is 19.0 Å². The molecule has 1 unspecified atom stereocenters. The standard InChI is InChI=1S/C13H15NO/c1-2-6-15-13(3-1)10-4-5-11-8-14-9-12(11)7-10/h4-5,7-9,13-14H,1-3,6H2. The van der Waals surface area contributed by atoms with Crippen LogP contribution in [0.3, 0.4) is 0 Å². The van der Waals surface area contributed by atoms with E-state index in [2.05, 4.69) is 23.2 Å². The molecular formula is C13H15NO. The molecule has 1 saturated heterocycles. The lowest BCUT2D eigenvalue weighted by atomic mass is 10.00. The van der Waals surface area contributed by atoms with E-state index in [4.69, 9.17) is 4.74 Å². The Morgan fingerprint density at radius 2 is 2.07 bits per heavy atom. The van der Waals surface area contributed by atoms with Crippen molar-refractivity contribution < 1.29 is 4.74 Å². The zero-order valence-corrected chi connectivity index (χ0v) is 8.70. The summed E-state index contributed by atoms with van der Waals surface area (Å²) in [6, 6.07) is 6.59. The maximum atomic E-state index is 5.78. The fraction of sp³-hybridized carbons (Fsp3) is 0.385. The molecule has 78 valence electrons. The highest BCUT2D eigenvalue weighted by atomic mass is 16.5. The molecule has 0 saturated carbocycles. The molecule has 1 aromatic heterocycles. The molecule has 2 heteroatoms. The number of ether oxygens (including phenoxy) is 1. The van der Waals surface area contributed by atoms with Crippen LogP contribution in [0.1, 0.15) is 30.9 Å². The maximum absolute atomic E-state index is 5.78. The zero-order valence-electron chi connectivity index (χ0n) is 8.70. The second kappa shape index (κ2) is 3.70. The van der Waals surface area contributed by atoms with Gasteiger partial charge in [-0.25, -0.2) is 0 Å². The van der Waals surface area contributed by atoms with E-state index in [0.29, 0.717) is 6.10 Å². The molecule has 0 radical (unpaired) electrons. The Hall–Kier alpha value is -1.28. The molecule has 3 rings (SSSR count). The van der Waals surface area contributed by atoms with Crippen LogP contribution in [0.15, 0.2) is 30.6 Å². The van der Waals surface area contributed by atoms with Gasteiger partial charge in [0.2, 0.25) is 0 Å².